The van der Waals surface area contributed by atoms with Crippen LogP contribution >= 0.6 is 0 Å². The third-order valence-corrected chi connectivity index (χ3v) is 4.82. The molecule has 2 rings (SSSR count). The molecule has 1 atom stereocenters. The molecule has 7 nitrogen and oxygen atoms in total. The molecular formula is C20H26N2O5. The van der Waals surface area contributed by atoms with Crippen molar-refractivity contribution in [1.82, 2.24) is 10.2 Å². The summed E-state index contributed by atoms with van der Waals surface area (Å²) < 4.78 is 5.03. The summed E-state index contributed by atoms with van der Waals surface area (Å²) in [5, 5.41) is 2.20. The minimum absolute atomic E-state index is 0.103. The van der Waals surface area contributed by atoms with Crippen molar-refractivity contribution < 1.29 is 23.9 Å². The van der Waals surface area contributed by atoms with Crippen molar-refractivity contribution in [3.63, 3.8) is 0 Å². The van der Waals surface area contributed by atoms with Crippen LogP contribution in [0.15, 0.2) is 35.5 Å². The van der Waals surface area contributed by atoms with Crippen molar-refractivity contribution in [2.75, 3.05) is 13.7 Å². The first kappa shape index (κ1) is 20.8. The Morgan fingerprint density at radius 3 is 2.56 bits per heavy atom. The average Bonchev–Trinajstić information content (AvgIpc) is 2.89. The van der Waals surface area contributed by atoms with E-state index >= 15 is 0 Å². The molecule has 0 radical (unpaired) electrons. The van der Waals surface area contributed by atoms with E-state index in [0.29, 0.717) is 24.2 Å². The molecule has 0 saturated carbocycles. The van der Waals surface area contributed by atoms with Gasteiger partial charge in [-0.1, -0.05) is 25.2 Å². The fourth-order valence-corrected chi connectivity index (χ4v) is 3.42. The molecule has 4 amide bonds. The highest BCUT2D eigenvalue weighted by Crippen LogP contribution is 2.33. The zero-order valence-corrected chi connectivity index (χ0v) is 15.9. The summed E-state index contributed by atoms with van der Waals surface area (Å²) in [5.74, 6) is -1.98. The van der Waals surface area contributed by atoms with Crippen LogP contribution in [0.3, 0.4) is 0 Å². The molecule has 1 N–H and O–H groups in total. The predicted molar refractivity (Wildman–Crippen MR) is 99.3 cm³/mol. The largest absolute Gasteiger partial charge is 0.385 e. The number of methoxy groups -OCH3 is 1. The number of rotatable bonds is 8. The van der Waals surface area contributed by atoms with Crippen LogP contribution in [0, 0.1) is 0 Å². The number of imide groups is 2. The van der Waals surface area contributed by atoms with Gasteiger partial charge in [-0.2, -0.15) is 0 Å². The second-order valence-corrected chi connectivity index (χ2v) is 6.56. The molecular weight excluding hydrogens is 348 g/mol. The van der Waals surface area contributed by atoms with Gasteiger partial charge in [0.05, 0.1) is 5.57 Å². The van der Waals surface area contributed by atoms with Crippen LogP contribution in [-0.2, 0) is 23.9 Å². The van der Waals surface area contributed by atoms with Gasteiger partial charge in [0, 0.05) is 25.7 Å². The molecule has 2 saturated heterocycles. The molecule has 0 aliphatic carbocycles. The Labute approximate surface area is 159 Å². The van der Waals surface area contributed by atoms with Crippen LogP contribution in [0.2, 0.25) is 0 Å². The Hall–Kier alpha value is -2.54. The normalized spacial score (nSPS) is 23.9. The number of allylic oxidation sites excluding steroid dienone is 3. The molecule has 0 aromatic rings. The fourth-order valence-electron chi connectivity index (χ4n) is 3.42. The number of nitrogens with one attached hydrogen (secondary N) is 1. The lowest BCUT2D eigenvalue weighted by Gasteiger charge is -2.27. The standard InChI is InChI=1S/C20H26N2O5/c1-4-13(9-7-6-8-12-27-3)17-14(5-2)19(25)22(20(17)26)15-10-11-16(23)21-18(15)24/h4-5,15H,1,6-12H2,2-3H3,(H,21,23,24)/b14-5+,17-13-. The van der Waals surface area contributed by atoms with Gasteiger partial charge in [-0.3, -0.25) is 29.4 Å². The lowest BCUT2D eigenvalue weighted by atomic mass is 9.97. The van der Waals surface area contributed by atoms with Crippen LogP contribution in [-0.4, -0.2) is 48.3 Å². The molecule has 1 unspecified atom stereocenters. The van der Waals surface area contributed by atoms with Gasteiger partial charge < -0.3 is 4.74 Å². The van der Waals surface area contributed by atoms with Crippen molar-refractivity contribution in [1.29, 1.82) is 0 Å². The first-order chi connectivity index (χ1) is 13.0. The number of amides is 4. The Bertz CT molecular complexity index is 720. The van der Waals surface area contributed by atoms with E-state index in [1.54, 1.807) is 26.2 Å². The first-order valence-electron chi connectivity index (χ1n) is 9.19. The molecule has 146 valence electrons. The molecule has 0 bridgehead atoms. The molecule has 27 heavy (non-hydrogen) atoms. The van der Waals surface area contributed by atoms with Crippen LogP contribution in [0.25, 0.3) is 0 Å². The van der Waals surface area contributed by atoms with E-state index in [-0.39, 0.29) is 24.3 Å². The second-order valence-electron chi connectivity index (χ2n) is 6.56. The number of nitrogens with zero attached hydrogens (tertiary/aromatic N) is 1. The van der Waals surface area contributed by atoms with E-state index in [9.17, 15) is 19.2 Å². The van der Waals surface area contributed by atoms with E-state index < -0.39 is 23.8 Å². The Balaban J connectivity index is 2.26. The summed E-state index contributed by atoms with van der Waals surface area (Å²) in [5.41, 5.74) is 1.30. The Morgan fingerprint density at radius 1 is 1.22 bits per heavy atom. The van der Waals surface area contributed by atoms with Crippen LogP contribution in [0.5, 0.6) is 0 Å². The maximum atomic E-state index is 13.0. The Morgan fingerprint density at radius 2 is 1.96 bits per heavy atom. The van der Waals surface area contributed by atoms with Gasteiger partial charge >= 0.3 is 0 Å². The monoisotopic (exact) mass is 374 g/mol. The predicted octanol–water partition coefficient (Wildman–Crippen LogP) is 1.80. The summed E-state index contributed by atoms with van der Waals surface area (Å²) in [6.07, 6.45) is 6.75. The number of unbranched alkanes of at least 4 members (excludes halogenated alkanes) is 2. The van der Waals surface area contributed by atoms with E-state index in [4.69, 9.17) is 4.74 Å². The number of ether oxygens (including phenoxy) is 1. The highest BCUT2D eigenvalue weighted by Gasteiger charge is 2.46. The van der Waals surface area contributed by atoms with Crippen molar-refractivity contribution in [3.05, 3.63) is 35.5 Å². The summed E-state index contributed by atoms with van der Waals surface area (Å²) in [7, 11) is 1.65. The van der Waals surface area contributed by atoms with Gasteiger partial charge in [-0.05, 0) is 38.2 Å². The third-order valence-electron chi connectivity index (χ3n) is 4.82. The van der Waals surface area contributed by atoms with Gasteiger partial charge in [-0.25, -0.2) is 0 Å². The molecule has 0 aromatic carbocycles. The third kappa shape index (κ3) is 4.42. The molecule has 0 spiro atoms. The van der Waals surface area contributed by atoms with Crippen molar-refractivity contribution in [2.45, 2.75) is 51.5 Å². The Kier molecular flexibility index (Phi) is 7.24. The minimum atomic E-state index is -0.956. The van der Waals surface area contributed by atoms with Crippen molar-refractivity contribution >= 4 is 23.6 Å². The zero-order chi connectivity index (χ0) is 20.0. The summed E-state index contributed by atoms with van der Waals surface area (Å²) in [6.45, 7) is 6.17. The van der Waals surface area contributed by atoms with Gasteiger partial charge in [-0.15, -0.1) is 0 Å². The number of hydrogen-bond acceptors (Lipinski definition) is 5. The lowest BCUT2D eigenvalue weighted by molar-refractivity contribution is -0.149. The SMILES string of the molecule is C=C/C(CCCCCOC)=C1/C(=O)N(C2CCC(=O)NC2=O)C(=O)/C1=C/C. The number of likely N-dealkylation sites (tertiary alicyclic amines) is 1. The molecule has 2 aliphatic heterocycles. The molecule has 7 heteroatoms. The maximum Gasteiger partial charge on any atom is 0.262 e. The van der Waals surface area contributed by atoms with E-state index in [1.807, 2.05) is 0 Å². The molecule has 2 aliphatic rings. The molecule has 2 fully saturated rings. The smallest absolute Gasteiger partial charge is 0.262 e. The number of carbonyl (C=O) groups is 4. The number of piperidine rings is 1. The van der Waals surface area contributed by atoms with Crippen molar-refractivity contribution in [3.8, 4) is 0 Å². The fraction of sp³-hybridized carbons (Fsp3) is 0.500. The van der Waals surface area contributed by atoms with E-state index in [1.165, 1.54) is 0 Å². The summed E-state index contributed by atoms with van der Waals surface area (Å²) in [6, 6.07) is -0.956. The summed E-state index contributed by atoms with van der Waals surface area (Å²) in [4.78, 5) is 50.3. The minimum Gasteiger partial charge on any atom is -0.385 e. The van der Waals surface area contributed by atoms with Gasteiger partial charge in [0.1, 0.15) is 6.04 Å². The van der Waals surface area contributed by atoms with Crippen LogP contribution in [0.1, 0.15) is 45.4 Å². The van der Waals surface area contributed by atoms with E-state index in [0.717, 1.165) is 24.2 Å². The first-order valence-corrected chi connectivity index (χ1v) is 9.19. The maximum absolute atomic E-state index is 13.0. The molecule has 0 aromatic heterocycles. The average molecular weight is 374 g/mol. The highest BCUT2D eigenvalue weighted by molar-refractivity contribution is 6.26. The zero-order valence-electron chi connectivity index (χ0n) is 15.9. The van der Waals surface area contributed by atoms with Crippen molar-refractivity contribution in [2.24, 2.45) is 0 Å². The van der Waals surface area contributed by atoms with Gasteiger partial charge in [0.2, 0.25) is 11.8 Å². The topological polar surface area (TPSA) is 92.8 Å². The number of carbonyl (C=O) groups excluding carboxylic acids is 4. The van der Waals surface area contributed by atoms with Crippen LogP contribution in [0.4, 0.5) is 0 Å². The van der Waals surface area contributed by atoms with Gasteiger partial charge in [0.25, 0.3) is 11.8 Å². The molecule has 2 heterocycles. The number of hydrogen-bond donors (Lipinski definition) is 1. The summed E-state index contributed by atoms with van der Waals surface area (Å²) >= 11 is 0. The lowest BCUT2D eigenvalue weighted by Crippen LogP contribution is -2.54. The van der Waals surface area contributed by atoms with Crippen LogP contribution < -0.4 is 5.32 Å². The highest BCUT2D eigenvalue weighted by atomic mass is 16.5. The van der Waals surface area contributed by atoms with E-state index in [2.05, 4.69) is 11.9 Å². The quantitative estimate of drug-likeness (QED) is 0.397. The van der Waals surface area contributed by atoms with Gasteiger partial charge in [0.15, 0.2) is 0 Å². The second kappa shape index (κ2) is 9.41.